The van der Waals surface area contributed by atoms with Gasteiger partial charge in [-0.25, -0.2) is 0 Å². The number of aliphatic hydroxyl groups excluding tert-OH is 1. The summed E-state index contributed by atoms with van der Waals surface area (Å²) in [6, 6.07) is -0.689. The van der Waals surface area contributed by atoms with E-state index in [-0.39, 0.29) is 0 Å². The first-order chi connectivity index (χ1) is 10.5. The van der Waals surface area contributed by atoms with Crippen LogP contribution < -0.4 is 10.7 Å². The number of nitrogens with zero attached hydrogens (tertiary/aromatic N) is 1. The molecule has 1 amide bonds. The Kier molecular flexibility index (Phi) is 3.81. The Morgan fingerprint density at radius 3 is 3.00 bits per heavy atom. The number of carbonyl (C=O) groups excluding carboxylic acids is 2. The van der Waals surface area contributed by atoms with E-state index in [4.69, 9.17) is 9.84 Å². The maximum atomic E-state index is 12.6. The van der Waals surface area contributed by atoms with Gasteiger partial charge in [0.15, 0.2) is 5.78 Å². The number of aliphatic hydroxyl groups is 1. The van der Waals surface area contributed by atoms with Gasteiger partial charge in [0.1, 0.15) is 18.2 Å². The van der Waals surface area contributed by atoms with Crippen LogP contribution >= 0.6 is 11.9 Å². The van der Waals surface area contributed by atoms with E-state index < -0.39 is 41.7 Å². The van der Waals surface area contributed by atoms with Crippen LogP contribution in [0.4, 0.5) is 0 Å². The summed E-state index contributed by atoms with van der Waals surface area (Å²) in [5.41, 5.74) is 3.00. The zero-order valence-electron chi connectivity index (χ0n) is 11.3. The van der Waals surface area contributed by atoms with Gasteiger partial charge in [0, 0.05) is 4.91 Å². The van der Waals surface area contributed by atoms with Crippen LogP contribution in [0.2, 0.25) is 0 Å². The summed E-state index contributed by atoms with van der Waals surface area (Å²) in [4.78, 5) is 35.9. The number of carboxylic acids is 1. The van der Waals surface area contributed by atoms with E-state index in [0.717, 1.165) is 10.5 Å². The minimum absolute atomic E-state index is 0.392. The summed E-state index contributed by atoms with van der Waals surface area (Å²) >= 11 is 1.25. The molecule has 0 aromatic heterocycles. The number of carbonyl (C=O) groups is 3. The van der Waals surface area contributed by atoms with Gasteiger partial charge in [0.2, 0.25) is 5.88 Å². The summed E-state index contributed by atoms with van der Waals surface area (Å²) in [5.74, 6) is -3.30. The Bertz CT molecular complexity index is 628. The molecule has 1 atom stereocenters. The lowest BCUT2D eigenvalue weighted by Crippen LogP contribution is -2.51. The smallest absolute Gasteiger partial charge is 0.322 e. The Morgan fingerprint density at radius 1 is 1.50 bits per heavy atom. The maximum absolute atomic E-state index is 12.6. The Hall–Kier alpha value is -2.04. The zero-order chi connectivity index (χ0) is 15.9. The molecule has 1 unspecified atom stereocenters. The average Bonchev–Trinajstić information content (AvgIpc) is 2.83. The number of amides is 1. The molecule has 0 saturated heterocycles. The van der Waals surface area contributed by atoms with Gasteiger partial charge >= 0.3 is 5.97 Å². The van der Waals surface area contributed by atoms with Crippen molar-refractivity contribution >= 4 is 29.6 Å². The second-order valence-corrected chi connectivity index (χ2v) is 5.92. The van der Waals surface area contributed by atoms with E-state index in [2.05, 4.69) is 10.7 Å². The van der Waals surface area contributed by atoms with Crippen molar-refractivity contribution in [3.05, 3.63) is 21.9 Å². The minimum Gasteiger partial charge on any atom is -0.493 e. The third-order valence-corrected chi connectivity index (χ3v) is 4.55. The topological polar surface area (TPSA) is 128 Å². The van der Waals surface area contributed by atoms with Crippen LogP contribution in [0.15, 0.2) is 21.9 Å². The fraction of sp³-hybridized carbons (Fsp3) is 0.417. The molecular weight excluding hydrogens is 314 g/mol. The van der Waals surface area contributed by atoms with E-state index in [1.54, 1.807) is 0 Å². The van der Waals surface area contributed by atoms with Crippen LogP contribution in [0.25, 0.3) is 0 Å². The van der Waals surface area contributed by atoms with E-state index in [1.807, 2.05) is 0 Å². The van der Waals surface area contributed by atoms with Crippen LogP contribution in [-0.4, -0.2) is 58.1 Å². The maximum Gasteiger partial charge on any atom is 0.322 e. The normalized spacial score (nSPS) is 24.7. The van der Waals surface area contributed by atoms with E-state index in [1.165, 1.54) is 16.4 Å². The molecule has 0 fully saturated rings. The van der Waals surface area contributed by atoms with Gasteiger partial charge in [0.05, 0.1) is 13.2 Å². The molecule has 3 heterocycles. The number of hydrogen-bond donors (Lipinski definition) is 4. The van der Waals surface area contributed by atoms with E-state index >= 15 is 0 Å². The van der Waals surface area contributed by atoms with Crippen LogP contribution in [0.3, 0.4) is 0 Å². The molecule has 0 aromatic carbocycles. The fourth-order valence-electron chi connectivity index (χ4n) is 2.50. The lowest BCUT2D eigenvalue weighted by atomic mass is 9.93. The molecule has 0 radical (unpaired) electrons. The van der Waals surface area contributed by atoms with Gasteiger partial charge in [-0.15, -0.1) is 4.41 Å². The highest BCUT2D eigenvalue weighted by Crippen LogP contribution is 2.43. The average molecular weight is 327 g/mol. The van der Waals surface area contributed by atoms with Crippen molar-refractivity contribution in [1.82, 2.24) is 15.2 Å². The minimum atomic E-state index is -1.24. The number of rotatable bonds is 3. The molecule has 3 aliphatic heterocycles. The number of hydrogen-bond acceptors (Lipinski definition) is 8. The summed E-state index contributed by atoms with van der Waals surface area (Å²) in [6.45, 7) is 0.254. The number of carboxylic acid groups (broad SMARTS) is 1. The highest BCUT2D eigenvalue weighted by molar-refractivity contribution is 8.01. The molecule has 0 bridgehead atoms. The highest BCUT2D eigenvalue weighted by Gasteiger charge is 2.47. The summed E-state index contributed by atoms with van der Waals surface area (Å²) in [6.07, 6.45) is 0.571. The van der Waals surface area contributed by atoms with E-state index in [0.29, 0.717) is 19.6 Å². The first-order valence-corrected chi connectivity index (χ1v) is 7.27. The zero-order valence-corrected chi connectivity index (χ0v) is 12.1. The van der Waals surface area contributed by atoms with Gasteiger partial charge in [-0.1, -0.05) is 0 Å². The van der Waals surface area contributed by atoms with Gasteiger partial charge in [-0.3, -0.25) is 19.8 Å². The monoisotopic (exact) mass is 327 g/mol. The van der Waals surface area contributed by atoms with Gasteiger partial charge in [0.25, 0.3) is 5.91 Å². The predicted octanol–water partition coefficient (Wildman–Crippen LogP) is -0.949. The lowest BCUT2D eigenvalue weighted by molar-refractivity contribution is -0.138. The standard InChI is InChI=1S/C12H13N3O6S/c16-7(17)3-13-11(19)8-10(18)9-5-1-2-21-4-6(5)22-15(9)14-12(8)20/h9,14,20H,1-4H2,(H,13,19)(H,16,17). The third-order valence-electron chi connectivity index (χ3n) is 3.46. The van der Waals surface area contributed by atoms with Crippen molar-refractivity contribution in [2.24, 2.45) is 0 Å². The number of Topliss-reactive ketones (excluding diaryl/α,β-unsaturated/α-hetero) is 1. The molecule has 0 aliphatic carbocycles. The quantitative estimate of drug-likeness (QED) is 0.383. The number of fused-ring (bicyclic) bond motifs is 2. The van der Waals surface area contributed by atoms with Gasteiger partial charge < -0.3 is 20.3 Å². The Labute approximate surface area is 129 Å². The molecule has 0 spiro atoms. The molecule has 0 aromatic rings. The fourth-order valence-corrected chi connectivity index (χ4v) is 3.66. The van der Waals surface area contributed by atoms with Crippen LogP contribution in [0.5, 0.6) is 0 Å². The number of aliphatic carboxylic acids is 1. The number of hydrazine groups is 1. The molecule has 22 heavy (non-hydrogen) atoms. The summed E-state index contributed by atoms with van der Waals surface area (Å²) in [5, 5.41) is 20.5. The van der Waals surface area contributed by atoms with Crippen molar-refractivity contribution in [3.63, 3.8) is 0 Å². The Morgan fingerprint density at radius 2 is 2.27 bits per heavy atom. The van der Waals surface area contributed by atoms with Crippen molar-refractivity contribution < 1.29 is 29.3 Å². The molecule has 3 rings (SSSR count). The molecule has 10 heteroatoms. The molecule has 9 nitrogen and oxygen atoms in total. The second-order valence-electron chi connectivity index (χ2n) is 4.85. The van der Waals surface area contributed by atoms with Crippen LogP contribution in [0.1, 0.15) is 6.42 Å². The summed E-state index contributed by atoms with van der Waals surface area (Å²) < 4.78 is 6.80. The molecule has 4 N–H and O–H groups in total. The largest absolute Gasteiger partial charge is 0.493 e. The highest BCUT2D eigenvalue weighted by atomic mass is 32.2. The molecule has 118 valence electrons. The first-order valence-electron chi connectivity index (χ1n) is 6.50. The van der Waals surface area contributed by atoms with Crippen LogP contribution in [-0.2, 0) is 19.1 Å². The number of nitrogens with one attached hydrogen (secondary N) is 2. The SMILES string of the molecule is O=C(O)CNC(=O)C1=C(O)NN2SC3=C(CCOC3)C2C1=O. The molecule has 0 saturated carbocycles. The van der Waals surface area contributed by atoms with Gasteiger partial charge in [-0.05, 0) is 23.9 Å². The number of ketones is 1. The molecule has 3 aliphatic rings. The number of ether oxygens (including phenoxy) is 1. The first kappa shape index (κ1) is 14.9. The van der Waals surface area contributed by atoms with Crippen molar-refractivity contribution in [1.29, 1.82) is 0 Å². The van der Waals surface area contributed by atoms with E-state index in [9.17, 15) is 19.5 Å². The van der Waals surface area contributed by atoms with Crippen molar-refractivity contribution in [2.45, 2.75) is 12.5 Å². The van der Waals surface area contributed by atoms with Gasteiger partial charge in [-0.2, -0.15) is 0 Å². The Balaban J connectivity index is 1.85. The van der Waals surface area contributed by atoms with Crippen molar-refractivity contribution in [3.8, 4) is 0 Å². The van der Waals surface area contributed by atoms with Crippen molar-refractivity contribution in [2.75, 3.05) is 19.8 Å². The lowest BCUT2D eigenvalue weighted by Gasteiger charge is -2.30. The summed E-state index contributed by atoms with van der Waals surface area (Å²) in [7, 11) is 0. The predicted molar refractivity (Wildman–Crippen MR) is 74.1 cm³/mol. The molecular formula is C12H13N3O6S. The third kappa shape index (κ3) is 2.45. The second kappa shape index (κ2) is 5.63. The van der Waals surface area contributed by atoms with Crippen LogP contribution in [0, 0.1) is 0 Å².